The molecule has 1 rings (SSSR count). The molecule has 1 N–H and O–H groups in total. The molecule has 0 bridgehead atoms. The molecule has 0 aromatic heterocycles. The van der Waals surface area contributed by atoms with Crippen molar-refractivity contribution < 1.29 is 19.4 Å². The Hall–Kier alpha value is -1.14. The summed E-state index contributed by atoms with van der Waals surface area (Å²) < 4.78 is 5.65. The molecular weight excluding hydrogens is 272 g/mol. The smallest absolute Gasteiger partial charge is 0.317 e. The fourth-order valence-electron chi connectivity index (χ4n) is 2.32. The van der Waals surface area contributed by atoms with Crippen LogP contribution in [0.4, 0.5) is 0 Å². The molecule has 1 aliphatic rings. The van der Waals surface area contributed by atoms with Crippen molar-refractivity contribution >= 4 is 11.9 Å². The number of aliphatic carboxylic acids is 1. The maximum absolute atomic E-state index is 12.5. The highest BCUT2D eigenvalue weighted by Gasteiger charge is 2.33. The van der Waals surface area contributed by atoms with E-state index in [4.69, 9.17) is 9.84 Å². The quantitative estimate of drug-likeness (QED) is 0.817. The zero-order chi connectivity index (χ0) is 16.2. The third-order valence-electron chi connectivity index (χ3n) is 4.04. The molecule has 2 unspecified atom stereocenters. The normalized spacial score (nSPS) is 21.4. The van der Waals surface area contributed by atoms with Crippen LogP contribution in [-0.4, -0.2) is 72.7 Å². The largest absolute Gasteiger partial charge is 0.480 e. The number of morpholine rings is 1. The van der Waals surface area contributed by atoms with Crippen molar-refractivity contribution in [1.82, 2.24) is 9.80 Å². The molecule has 1 saturated heterocycles. The third kappa shape index (κ3) is 5.63. The maximum Gasteiger partial charge on any atom is 0.317 e. The second-order valence-corrected chi connectivity index (χ2v) is 6.96. The minimum Gasteiger partial charge on any atom is -0.480 e. The van der Waals surface area contributed by atoms with Gasteiger partial charge in [-0.05, 0) is 12.5 Å². The van der Waals surface area contributed by atoms with Gasteiger partial charge in [0, 0.05) is 25.6 Å². The van der Waals surface area contributed by atoms with Crippen LogP contribution in [0.25, 0.3) is 0 Å². The number of nitrogens with zero attached hydrogens (tertiary/aromatic N) is 2. The minimum atomic E-state index is -0.859. The van der Waals surface area contributed by atoms with Gasteiger partial charge >= 0.3 is 5.97 Å². The molecule has 0 spiro atoms. The Morgan fingerprint density at radius 1 is 1.43 bits per heavy atom. The van der Waals surface area contributed by atoms with Crippen molar-refractivity contribution in [2.75, 3.05) is 39.8 Å². The van der Waals surface area contributed by atoms with E-state index in [9.17, 15) is 9.59 Å². The molecule has 6 heteroatoms. The van der Waals surface area contributed by atoms with Crippen molar-refractivity contribution in [2.24, 2.45) is 11.3 Å². The van der Waals surface area contributed by atoms with E-state index < -0.39 is 5.97 Å². The van der Waals surface area contributed by atoms with E-state index in [0.717, 1.165) is 0 Å². The van der Waals surface area contributed by atoms with E-state index in [1.807, 2.05) is 11.8 Å². The van der Waals surface area contributed by atoms with Crippen LogP contribution >= 0.6 is 0 Å². The van der Waals surface area contributed by atoms with Crippen LogP contribution in [0, 0.1) is 11.3 Å². The zero-order valence-electron chi connectivity index (χ0n) is 13.8. The monoisotopic (exact) mass is 300 g/mol. The van der Waals surface area contributed by atoms with Crippen molar-refractivity contribution in [3.63, 3.8) is 0 Å². The summed E-state index contributed by atoms with van der Waals surface area (Å²) in [5, 5.41) is 8.77. The second-order valence-electron chi connectivity index (χ2n) is 6.96. The van der Waals surface area contributed by atoms with E-state index in [-0.39, 0.29) is 29.9 Å². The van der Waals surface area contributed by atoms with Crippen LogP contribution in [-0.2, 0) is 14.3 Å². The number of amides is 1. The predicted octanol–water partition coefficient (Wildman–Crippen LogP) is 0.912. The SMILES string of the molecule is CC(C(=O)N1CCOC(CN(C)CC(=O)O)C1)C(C)(C)C. The zero-order valence-corrected chi connectivity index (χ0v) is 13.8. The highest BCUT2D eigenvalue weighted by Crippen LogP contribution is 2.27. The van der Waals surface area contributed by atoms with Gasteiger partial charge in [0.15, 0.2) is 0 Å². The van der Waals surface area contributed by atoms with Crippen LogP contribution in [0.2, 0.25) is 0 Å². The van der Waals surface area contributed by atoms with Gasteiger partial charge in [-0.25, -0.2) is 0 Å². The Morgan fingerprint density at radius 2 is 2.05 bits per heavy atom. The van der Waals surface area contributed by atoms with E-state index >= 15 is 0 Å². The Balaban J connectivity index is 2.56. The fraction of sp³-hybridized carbons (Fsp3) is 0.867. The molecule has 0 radical (unpaired) electrons. The van der Waals surface area contributed by atoms with Gasteiger partial charge in [-0.2, -0.15) is 0 Å². The molecule has 0 aromatic rings. The lowest BCUT2D eigenvalue weighted by Gasteiger charge is -2.38. The number of rotatable bonds is 5. The first-order valence-electron chi connectivity index (χ1n) is 7.42. The molecule has 21 heavy (non-hydrogen) atoms. The fourth-order valence-corrected chi connectivity index (χ4v) is 2.32. The lowest BCUT2D eigenvalue weighted by atomic mass is 9.81. The van der Waals surface area contributed by atoms with Crippen molar-refractivity contribution in [1.29, 1.82) is 0 Å². The molecule has 1 amide bonds. The average molecular weight is 300 g/mol. The molecular formula is C15H28N2O4. The molecule has 122 valence electrons. The second kappa shape index (κ2) is 7.22. The summed E-state index contributed by atoms with van der Waals surface area (Å²) in [4.78, 5) is 26.7. The Morgan fingerprint density at radius 3 is 2.57 bits per heavy atom. The van der Waals surface area contributed by atoms with Gasteiger partial charge in [-0.3, -0.25) is 14.5 Å². The first-order chi connectivity index (χ1) is 9.61. The van der Waals surface area contributed by atoms with Gasteiger partial charge in [-0.1, -0.05) is 27.7 Å². The summed E-state index contributed by atoms with van der Waals surface area (Å²) in [7, 11) is 1.75. The summed E-state index contributed by atoms with van der Waals surface area (Å²) in [6.45, 7) is 10.3. The molecule has 1 aliphatic heterocycles. The summed E-state index contributed by atoms with van der Waals surface area (Å²) in [5.41, 5.74) is -0.0645. The third-order valence-corrected chi connectivity index (χ3v) is 4.04. The molecule has 0 aromatic carbocycles. The maximum atomic E-state index is 12.5. The minimum absolute atomic E-state index is 0.0216. The molecule has 1 heterocycles. The molecule has 1 fully saturated rings. The highest BCUT2D eigenvalue weighted by atomic mass is 16.5. The molecule has 6 nitrogen and oxygen atoms in total. The van der Waals surface area contributed by atoms with Crippen LogP contribution in [0.15, 0.2) is 0 Å². The molecule has 0 aliphatic carbocycles. The van der Waals surface area contributed by atoms with E-state index in [1.54, 1.807) is 11.9 Å². The van der Waals surface area contributed by atoms with Gasteiger partial charge in [0.05, 0.1) is 19.3 Å². The van der Waals surface area contributed by atoms with Crippen LogP contribution in [0.1, 0.15) is 27.7 Å². The standard InChI is InChI=1S/C15H28N2O4/c1-11(15(2,3)4)14(20)17-6-7-21-12(9-17)8-16(5)10-13(18)19/h11-12H,6-10H2,1-5H3,(H,18,19). The van der Waals surface area contributed by atoms with E-state index in [2.05, 4.69) is 20.8 Å². The topological polar surface area (TPSA) is 70.1 Å². The number of likely N-dealkylation sites (N-methyl/N-ethyl adjacent to an activating group) is 1. The lowest BCUT2D eigenvalue weighted by molar-refractivity contribution is -0.147. The van der Waals surface area contributed by atoms with Crippen molar-refractivity contribution in [2.45, 2.75) is 33.8 Å². The summed E-state index contributed by atoms with van der Waals surface area (Å²) in [6.07, 6.45) is -0.126. The highest BCUT2D eigenvalue weighted by molar-refractivity contribution is 5.79. The predicted molar refractivity (Wildman–Crippen MR) is 80.1 cm³/mol. The van der Waals surface area contributed by atoms with Crippen LogP contribution < -0.4 is 0 Å². The van der Waals surface area contributed by atoms with E-state index in [0.29, 0.717) is 26.2 Å². The number of carboxylic acids is 1. The first kappa shape index (κ1) is 17.9. The van der Waals surface area contributed by atoms with Crippen LogP contribution in [0.5, 0.6) is 0 Å². The van der Waals surface area contributed by atoms with Gasteiger partial charge in [0.2, 0.25) is 5.91 Å². The number of hydrogen-bond acceptors (Lipinski definition) is 4. The van der Waals surface area contributed by atoms with E-state index in [1.165, 1.54) is 0 Å². The van der Waals surface area contributed by atoms with Gasteiger partial charge in [0.25, 0.3) is 0 Å². The van der Waals surface area contributed by atoms with Gasteiger partial charge < -0.3 is 14.7 Å². The van der Waals surface area contributed by atoms with Gasteiger partial charge in [0.1, 0.15) is 0 Å². The number of ether oxygens (including phenoxy) is 1. The Labute approximate surface area is 127 Å². The number of carbonyl (C=O) groups excluding carboxylic acids is 1. The van der Waals surface area contributed by atoms with Gasteiger partial charge in [-0.15, -0.1) is 0 Å². The summed E-state index contributed by atoms with van der Waals surface area (Å²) >= 11 is 0. The Kier molecular flexibility index (Phi) is 6.16. The number of hydrogen-bond donors (Lipinski definition) is 1. The average Bonchev–Trinajstić information content (AvgIpc) is 2.35. The number of carboxylic acid groups (broad SMARTS) is 1. The first-order valence-corrected chi connectivity index (χ1v) is 7.42. The molecule has 2 atom stereocenters. The van der Waals surface area contributed by atoms with Crippen molar-refractivity contribution in [3.8, 4) is 0 Å². The number of carbonyl (C=O) groups is 2. The summed E-state index contributed by atoms with van der Waals surface area (Å²) in [5.74, 6) is -0.757. The van der Waals surface area contributed by atoms with Crippen LogP contribution in [0.3, 0.4) is 0 Å². The Bertz CT molecular complexity index is 378. The summed E-state index contributed by atoms with van der Waals surface area (Å²) in [6, 6.07) is 0. The lowest BCUT2D eigenvalue weighted by Crippen LogP contribution is -2.52. The molecule has 0 saturated carbocycles. The van der Waals surface area contributed by atoms with Crippen molar-refractivity contribution in [3.05, 3.63) is 0 Å².